The Morgan fingerprint density at radius 2 is 1.95 bits per heavy atom. The highest BCUT2D eigenvalue weighted by Crippen LogP contribution is 2.34. The molecular weight excluding hydrogens is 395 g/mol. The van der Waals surface area contributed by atoms with Crippen LogP contribution in [0.1, 0.15) is 5.56 Å². The van der Waals surface area contributed by atoms with E-state index >= 15 is 0 Å². The van der Waals surface area contributed by atoms with Crippen LogP contribution in [0.15, 0.2) is 50.5 Å². The first-order valence-electron chi connectivity index (χ1n) is 5.42. The quantitative estimate of drug-likeness (QED) is 0.348. The van der Waals surface area contributed by atoms with Crippen molar-refractivity contribution in [1.82, 2.24) is 0 Å². The molecule has 0 heterocycles. The molecule has 2 rings (SSSR count). The molecule has 0 saturated carbocycles. The van der Waals surface area contributed by atoms with Crippen molar-refractivity contribution >= 4 is 37.7 Å². The number of nitrogens with zero attached hydrogens (tertiary/aromatic N) is 1. The highest BCUT2D eigenvalue weighted by Gasteiger charge is 2.15. The summed E-state index contributed by atoms with van der Waals surface area (Å²) in [4.78, 5) is 0. The van der Waals surface area contributed by atoms with E-state index in [2.05, 4.69) is 37.0 Å². The Kier molecular flexibility index (Phi) is 4.61. The fraction of sp³-hybridized carbons (Fsp3) is 0. The summed E-state index contributed by atoms with van der Waals surface area (Å²) < 4.78 is 21.0. The maximum absolute atomic E-state index is 13.8. The number of ether oxygens (including phenoxy) is 1. The van der Waals surface area contributed by atoms with Crippen LogP contribution in [-0.2, 0) is 0 Å². The van der Waals surface area contributed by atoms with Crippen molar-refractivity contribution in [2.75, 3.05) is 0 Å². The lowest BCUT2D eigenvalue weighted by atomic mass is 10.1. The highest BCUT2D eigenvalue weighted by molar-refractivity contribution is 9.11. The third kappa shape index (κ3) is 3.10. The standard InChI is InChI=1S/C13H9Br2FN2O2/c14-7-4-5-10(8(15)6-7)20-11-3-1-2-9(16)12(11)13(17)18-19/h1-6,19H,(H2,17,18). The molecule has 0 fully saturated rings. The van der Waals surface area contributed by atoms with Crippen molar-refractivity contribution in [2.24, 2.45) is 10.9 Å². The van der Waals surface area contributed by atoms with Gasteiger partial charge in [0.2, 0.25) is 0 Å². The fourth-order valence-electron chi connectivity index (χ4n) is 1.56. The Bertz CT molecular complexity index is 677. The molecule has 0 saturated heterocycles. The Morgan fingerprint density at radius 3 is 2.60 bits per heavy atom. The molecule has 7 heteroatoms. The van der Waals surface area contributed by atoms with E-state index in [1.807, 2.05) is 0 Å². The molecule has 3 N–H and O–H groups in total. The van der Waals surface area contributed by atoms with Gasteiger partial charge in [-0.15, -0.1) is 0 Å². The first kappa shape index (κ1) is 14.8. The van der Waals surface area contributed by atoms with E-state index in [1.165, 1.54) is 18.2 Å². The molecule has 0 aliphatic rings. The van der Waals surface area contributed by atoms with Crippen molar-refractivity contribution in [3.8, 4) is 11.5 Å². The summed E-state index contributed by atoms with van der Waals surface area (Å²) in [6, 6.07) is 9.49. The smallest absolute Gasteiger partial charge is 0.176 e. The van der Waals surface area contributed by atoms with Gasteiger partial charge < -0.3 is 15.7 Å². The molecule has 0 amide bonds. The monoisotopic (exact) mass is 402 g/mol. The fourth-order valence-corrected chi connectivity index (χ4v) is 2.69. The van der Waals surface area contributed by atoms with Gasteiger partial charge in [-0.3, -0.25) is 0 Å². The second kappa shape index (κ2) is 6.23. The number of rotatable bonds is 3. The second-order valence-corrected chi connectivity index (χ2v) is 5.55. The van der Waals surface area contributed by atoms with Crippen LogP contribution in [0.2, 0.25) is 0 Å². The van der Waals surface area contributed by atoms with Gasteiger partial charge in [0.15, 0.2) is 5.84 Å². The first-order valence-corrected chi connectivity index (χ1v) is 7.01. The Balaban J connectivity index is 2.46. The predicted octanol–water partition coefficient (Wildman–Crippen LogP) is 4.24. The molecule has 0 unspecified atom stereocenters. The molecule has 20 heavy (non-hydrogen) atoms. The molecule has 0 aliphatic carbocycles. The maximum Gasteiger partial charge on any atom is 0.176 e. The van der Waals surface area contributed by atoms with Crippen molar-refractivity contribution in [3.63, 3.8) is 0 Å². The zero-order valence-electron chi connectivity index (χ0n) is 9.98. The van der Waals surface area contributed by atoms with Gasteiger partial charge in [0.1, 0.15) is 17.3 Å². The second-order valence-electron chi connectivity index (χ2n) is 3.78. The van der Waals surface area contributed by atoms with Crippen LogP contribution in [0.3, 0.4) is 0 Å². The number of oxime groups is 1. The van der Waals surface area contributed by atoms with Gasteiger partial charge in [0, 0.05) is 4.47 Å². The first-order chi connectivity index (χ1) is 9.52. The van der Waals surface area contributed by atoms with Crippen LogP contribution in [-0.4, -0.2) is 11.0 Å². The number of amidine groups is 1. The third-order valence-corrected chi connectivity index (χ3v) is 3.57. The topological polar surface area (TPSA) is 67.8 Å². The van der Waals surface area contributed by atoms with E-state index in [1.54, 1.807) is 18.2 Å². The lowest BCUT2D eigenvalue weighted by Crippen LogP contribution is -2.16. The van der Waals surface area contributed by atoms with Crippen LogP contribution >= 0.6 is 31.9 Å². The zero-order chi connectivity index (χ0) is 14.7. The van der Waals surface area contributed by atoms with Crippen LogP contribution in [0.5, 0.6) is 11.5 Å². The molecule has 2 aromatic carbocycles. The summed E-state index contributed by atoms with van der Waals surface area (Å²) in [6.45, 7) is 0. The summed E-state index contributed by atoms with van der Waals surface area (Å²) in [5.41, 5.74) is 5.38. The van der Waals surface area contributed by atoms with Gasteiger partial charge in [-0.2, -0.15) is 0 Å². The molecule has 0 aromatic heterocycles. The Morgan fingerprint density at radius 1 is 1.20 bits per heavy atom. The minimum atomic E-state index is -0.633. The van der Waals surface area contributed by atoms with Crippen molar-refractivity contribution < 1.29 is 14.3 Å². The van der Waals surface area contributed by atoms with E-state index < -0.39 is 5.82 Å². The predicted molar refractivity (Wildman–Crippen MR) is 80.8 cm³/mol. The van der Waals surface area contributed by atoms with Crippen molar-refractivity contribution in [3.05, 3.63) is 56.7 Å². The zero-order valence-corrected chi connectivity index (χ0v) is 13.2. The molecule has 0 aliphatic heterocycles. The number of hydrogen-bond donors (Lipinski definition) is 2. The molecular formula is C13H9Br2FN2O2. The van der Waals surface area contributed by atoms with E-state index in [0.29, 0.717) is 10.2 Å². The molecule has 0 bridgehead atoms. The molecule has 104 valence electrons. The summed E-state index contributed by atoms with van der Waals surface area (Å²) in [7, 11) is 0. The minimum Gasteiger partial charge on any atom is -0.455 e. The van der Waals surface area contributed by atoms with Crippen LogP contribution in [0, 0.1) is 5.82 Å². The van der Waals surface area contributed by atoms with Gasteiger partial charge in [0.05, 0.1) is 10.0 Å². The van der Waals surface area contributed by atoms with E-state index in [-0.39, 0.29) is 17.1 Å². The average Bonchev–Trinajstić information content (AvgIpc) is 2.41. The Labute approximate surface area is 131 Å². The highest BCUT2D eigenvalue weighted by atomic mass is 79.9. The molecule has 0 radical (unpaired) electrons. The van der Waals surface area contributed by atoms with Gasteiger partial charge in [-0.25, -0.2) is 4.39 Å². The van der Waals surface area contributed by atoms with Crippen LogP contribution < -0.4 is 10.5 Å². The maximum atomic E-state index is 13.8. The number of benzene rings is 2. The average molecular weight is 404 g/mol. The molecule has 0 atom stereocenters. The summed E-state index contributed by atoms with van der Waals surface area (Å²) in [5, 5.41) is 11.5. The van der Waals surface area contributed by atoms with Crippen molar-refractivity contribution in [1.29, 1.82) is 0 Å². The summed E-state index contributed by atoms with van der Waals surface area (Å²) >= 11 is 6.67. The minimum absolute atomic E-state index is 0.0928. The van der Waals surface area contributed by atoms with E-state index in [0.717, 1.165) is 4.47 Å². The SMILES string of the molecule is NC(=NO)c1c(F)cccc1Oc1ccc(Br)cc1Br. The lowest BCUT2D eigenvalue weighted by molar-refractivity contribution is 0.318. The van der Waals surface area contributed by atoms with Crippen LogP contribution in [0.4, 0.5) is 4.39 Å². The van der Waals surface area contributed by atoms with Gasteiger partial charge in [-0.1, -0.05) is 27.2 Å². The Hall–Kier alpha value is -1.60. The van der Waals surface area contributed by atoms with Crippen LogP contribution in [0.25, 0.3) is 0 Å². The number of halogens is 3. The molecule has 4 nitrogen and oxygen atoms in total. The molecule has 0 spiro atoms. The third-order valence-electron chi connectivity index (χ3n) is 2.45. The molecule has 2 aromatic rings. The van der Waals surface area contributed by atoms with E-state index in [9.17, 15) is 4.39 Å². The summed E-state index contributed by atoms with van der Waals surface area (Å²) in [6.07, 6.45) is 0. The van der Waals surface area contributed by atoms with Crippen molar-refractivity contribution in [2.45, 2.75) is 0 Å². The van der Waals surface area contributed by atoms with Gasteiger partial charge >= 0.3 is 0 Å². The van der Waals surface area contributed by atoms with Gasteiger partial charge in [-0.05, 0) is 46.3 Å². The van der Waals surface area contributed by atoms with Gasteiger partial charge in [0.25, 0.3) is 0 Å². The number of nitrogens with two attached hydrogens (primary N) is 1. The largest absolute Gasteiger partial charge is 0.455 e. The normalized spacial score (nSPS) is 11.4. The van der Waals surface area contributed by atoms with E-state index in [4.69, 9.17) is 15.7 Å². The number of hydrogen-bond acceptors (Lipinski definition) is 3. The summed E-state index contributed by atoms with van der Waals surface area (Å²) in [5.74, 6) is -0.355. The lowest BCUT2D eigenvalue weighted by Gasteiger charge is -2.12.